The van der Waals surface area contributed by atoms with Gasteiger partial charge < -0.3 is 9.55 Å². The lowest BCUT2D eigenvalue weighted by Crippen LogP contribution is -2.51. The van der Waals surface area contributed by atoms with Crippen molar-refractivity contribution in [1.29, 1.82) is 0 Å². The fourth-order valence-electron chi connectivity index (χ4n) is 5.89. The largest absolute Gasteiger partial charge is 0.331 e. The predicted octanol–water partition coefficient (Wildman–Crippen LogP) is 5.28. The van der Waals surface area contributed by atoms with E-state index in [1.54, 1.807) is 0 Å². The van der Waals surface area contributed by atoms with Crippen molar-refractivity contribution in [3.05, 3.63) is 28.0 Å². The number of hydrogen-bond donors (Lipinski definition) is 1. The second-order valence-corrected chi connectivity index (χ2v) is 8.39. The molecule has 0 saturated heterocycles. The highest BCUT2D eigenvalue weighted by Gasteiger charge is 2.52. The molecule has 1 heterocycles. The van der Waals surface area contributed by atoms with E-state index in [0.29, 0.717) is 0 Å². The zero-order chi connectivity index (χ0) is 14.2. The number of rotatable bonds is 1. The molecular formula is C17H19ClN2S. The molecule has 4 aliphatic carbocycles. The summed E-state index contributed by atoms with van der Waals surface area (Å²) in [5.41, 5.74) is 2.59. The predicted molar refractivity (Wildman–Crippen MR) is 88.3 cm³/mol. The van der Waals surface area contributed by atoms with Crippen LogP contribution >= 0.6 is 23.8 Å². The third kappa shape index (κ3) is 1.74. The maximum Gasteiger partial charge on any atom is 0.178 e. The number of hydrogen-bond acceptors (Lipinski definition) is 1. The summed E-state index contributed by atoms with van der Waals surface area (Å²) in [5, 5.41) is 0.801. The zero-order valence-electron chi connectivity index (χ0n) is 11.9. The van der Waals surface area contributed by atoms with E-state index in [4.69, 9.17) is 23.8 Å². The fourth-order valence-corrected chi connectivity index (χ4v) is 6.45. The highest BCUT2D eigenvalue weighted by molar-refractivity contribution is 7.71. The Bertz CT molecular complexity index is 752. The zero-order valence-corrected chi connectivity index (χ0v) is 13.5. The van der Waals surface area contributed by atoms with E-state index in [0.717, 1.165) is 33.1 Å². The smallest absolute Gasteiger partial charge is 0.178 e. The second kappa shape index (κ2) is 4.14. The van der Waals surface area contributed by atoms with Crippen molar-refractivity contribution in [3.8, 4) is 0 Å². The standard InChI is InChI=1S/C17H19ClN2S/c18-13-1-2-14-15(6-13)20(16(21)19-14)17-7-10-3-11(8-17)5-12(4-10)9-17/h1-2,6,10-12H,3-5,7-9H2,(H,19,21). The molecule has 0 unspecified atom stereocenters. The normalized spacial score (nSPS) is 37.5. The van der Waals surface area contributed by atoms with Gasteiger partial charge in [-0.3, -0.25) is 0 Å². The molecule has 110 valence electrons. The number of aromatic amines is 1. The first-order valence-electron chi connectivity index (χ1n) is 8.04. The molecule has 4 aliphatic rings. The number of fused-ring (bicyclic) bond motifs is 1. The average Bonchev–Trinajstić information content (AvgIpc) is 2.72. The van der Waals surface area contributed by atoms with Crippen LogP contribution in [0, 0.1) is 22.5 Å². The van der Waals surface area contributed by atoms with Gasteiger partial charge in [-0.2, -0.15) is 0 Å². The number of aromatic nitrogens is 2. The SMILES string of the molecule is S=c1[nH]c2ccc(Cl)cc2n1C12CC3CC(CC(C3)C1)C2. The van der Waals surface area contributed by atoms with Crippen molar-refractivity contribution in [2.45, 2.75) is 44.1 Å². The van der Waals surface area contributed by atoms with Crippen molar-refractivity contribution in [2.75, 3.05) is 0 Å². The van der Waals surface area contributed by atoms with Gasteiger partial charge in [0.15, 0.2) is 4.77 Å². The van der Waals surface area contributed by atoms with E-state index in [2.05, 4.69) is 21.7 Å². The molecule has 6 rings (SSSR count). The molecule has 4 fully saturated rings. The van der Waals surface area contributed by atoms with E-state index in [1.165, 1.54) is 44.0 Å². The Hall–Kier alpha value is -0.800. The molecule has 0 amide bonds. The third-order valence-corrected chi connectivity index (χ3v) is 6.65. The molecule has 0 spiro atoms. The average molecular weight is 319 g/mol. The second-order valence-electron chi connectivity index (χ2n) is 7.57. The Kier molecular flexibility index (Phi) is 2.51. The maximum atomic E-state index is 6.25. The first-order valence-corrected chi connectivity index (χ1v) is 8.82. The quantitative estimate of drug-likeness (QED) is 0.710. The van der Waals surface area contributed by atoms with Crippen LogP contribution in [0.25, 0.3) is 11.0 Å². The van der Waals surface area contributed by atoms with Gasteiger partial charge in [-0.15, -0.1) is 0 Å². The minimum absolute atomic E-state index is 0.259. The van der Waals surface area contributed by atoms with Gasteiger partial charge in [0.25, 0.3) is 0 Å². The Labute approximate surface area is 134 Å². The molecule has 2 nitrogen and oxygen atoms in total. The van der Waals surface area contributed by atoms with Crippen molar-refractivity contribution < 1.29 is 0 Å². The summed E-state index contributed by atoms with van der Waals surface area (Å²) in [6.45, 7) is 0. The molecular weight excluding hydrogens is 300 g/mol. The minimum atomic E-state index is 0.259. The van der Waals surface area contributed by atoms with E-state index < -0.39 is 0 Å². The van der Waals surface area contributed by atoms with Gasteiger partial charge in [0.1, 0.15) is 0 Å². The molecule has 4 heteroatoms. The number of nitrogens with one attached hydrogen (secondary N) is 1. The molecule has 21 heavy (non-hydrogen) atoms. The highest BCUT2D eigenvalue weighted by atomic mass is 35.5. The van der Waals surface area contributed by atoms with Crippen LogP contribution in [0.2, 0.25) is 5.02 Å². The van der Waals surface area contributed by atoms with Crippen molar-refractivity contribution in [3.63, 3.8) is 0 Å². The van der Waals surface area contributed by atoms with E-state index in [1.807, 2.05) is 6.07 Å². The lowest BCUT2D eigenvalue weighted by molar-refractivity contribution is -0.0416. The first-order chi connectivity index (χ1) is 10.1. The number of imidazole rings is 1. The summed E-state index contributed by atoms with van der Waals surface area (Å²) < 4.78 is 3.32. The van der Waals surface area contributed by atoms with Crippen molar-refractivity contribution in [1.82, 2.24) is 9.55 Å². The topological polar surface area (TPSA) is 20.7 Å². The molecule has 0 aliphatic heterocycles. The van der Waals surface area contributed by atoms with Crippen LogP contribution in [-0.4, -0.2) is 9.55 Å². The Balaban J connectivity index is 1.75. The lowest BCUT2D eigenvalue weighted by Gasteiger charge is -2.57. The number of benzene rings is 1. The summed E-state index contributed by atoms with van der Waals surface area (Å²) in [7, 11) is 0. The summed E-state index contributed by atoms with van der Waals surface area (Å²) >= 11 is 11.9. The molecule has 1 N–H and O–H groups in total. The van der Waals surface area contributed by atoms with Crippen molar-refractivity contribution >= 4 is 34.9 Å². The third-order valence-electron chi connectivity index (χ3n) is 6.13. The van der Waals surface area contributed by atoms with Gasteiger partial charge in [-0.05, 0) is 86.7 Å². The van der Waals surface area contributed by atoms with E-state index in [-0.39, 0.29) is 5.54 Å². The molecule has 1 aromatic carbocycles. The van der Waals surface area contributed by atoms with Crippen LogP contribution in [-0.2, 0) is 5.54 Å². The van der Waals surface area contributed by atoms with Crippen LogP contribution in [0.15, 0.2) is 18.2 Å². The first kappa shape index (κ1) is 12.7. The Morgan fingerprint density at radius 2 is 1.71 bits per heavy atom. The van der Waals surface area contributed by atoms with Crippen LogP contribution in [0.5, 0.6) is 0 Å². The van der Waals surface area contributed by atoms with Crippen molar-refractivity contribution in [2.24, 2.45) is 17.8 Å². The van der Waals surface area contributed by atoms with Gasteiger partial charge in [-0.1, -0.05) is 11.6 Å². The lowest BCUT2D eigenvalue weighted by atomic mass is 9.53. The Morgan fingerprint density at radius 3 is 2.33 bits per heavy atom. The van der Waals surface area contributed by atoms with Crippen LogP contribution in [0.1, 0.15) is 38.5 Å². The molecule has 4 saturated carbocycles. The fraction of sp³-hybridized carbons (Fsp3) is 0.588. The van der Waals surface area contributed by atoms with Gasteiger partial charge in [0.05, 0.1) is 11.0 Å². The van der Waals surface area contributed by atoms with Gasteiger partial charge in [0.2, 0.25) is 0 Å². The summed E-state index contributed by atoms with van der Waals surface area (Å²) in [4.78, 5) is 3.40. The van der Waals surface area contributed by atoms with Gasteiger partial charge >= 0.3 is 0 Å². The monoisotopic (exact) mass is 318 g/mol. The summed E-state index contributed by atoms with van der Waals surface area (Å²) in [5.74, 6) is 2.76. The number of nitrogens with zero attached hydrogens (tertiary/aromatic N) is 1. The van der Waals surface area contributed by atoms with Gasteiger partial charge in [-0.25, -0.2) is 0 Å². The molecule has 1 aromatic heterocycles. The van der Waals surface area contributed by atoms with E-state index in [9.17, 15) is 0 Å². The Morgan fingerprint density at radius 1 is 1.10 bits per heavy atom. The van der Waals surface area contributed by atoms with E-state index >= 15 is 0 Å². The minimum Gasteiger partial charge on any atom is -0.331 e. The molecule has 2 aromatic rings. The highest BCUT2D eigenvalue weighted by Crippen LogP contribution is 2.59. The summed E-state index contributed by atoms with van der Waals surface area (Å²) in [6.07, 6.45) is 8.30. The van der Waals surface area contributed by atoms with Crippen LogP contribution in [0.3, 0.4) is 0 Å². The molecule has 0 radical (unpaired) electrons. The van der Waals surface area contributed by atoms with Crippen LogP contribution < -0.4 is 0 Å². The number of H-pyrrole nitrogens is 1. The maximum absolute atomic E-state index is 6.25. The molecule has 0 atom stereocenters. The van der Waals surface area contributed by atoms with Gasteiger partial charge in [0, 0.05) is 10.6 Å². The summed E-state index contributed by atoms with van der Waals surface area (Å²) in [6, 6.07) is 6.09. The molecule has 4 bridgehead atoms. The number of halogens is 1. The van der Waals surface area contributed by atoms with Crippen LogP contribution in [0.4, 0.5) is 0 Å².